The minimum Gasteiger partial charge on any atom is -0.444 e. The van der Waals surface area contributed by atoms with Gasteiger partial charge in [0, 0.05) is 19.6 Å². The molecule has 20 heavy (non-hydrogen) atoms. The number of hydrogen-bond donors (Lipinski definition) is 2. The van der Waals surface area contributed by atoms with Crippen molar-refractivity contribution in [2.75, 3.05) is 13.1 Å². The van der Waals surface area contributed by atoms with E-state index in [9.17, 15) is 4.79 Å². The normalized spacial score (nSPS) is 11.8. The van der Waals surface area contributed by atoms with E-state index in [-0.39, 0.29) is 0 Å². The van der Waals surface area contributed by atoms with E-state index in [1.807, 2.05) is 32.9 Å². The van der Waals surface area contributed by atoms with E-state index in [1.54, 1.807) is 6.20 Å². The molecule has 1 aromatic rings. The highest BCUT2D eigenvalue weighted by Crippen LogP contribution is 2.17. The number of carbonyl (C=O) groups excluding carboxylic acids is 1. The fourth-order valence-corrected chi connectivity index (χ4v) is 2.18. The van der Waals surface area contributed by atoms with E-state index in [4.69, 9.17) is 16.3 Å². The van der Waals surface area contributed by atoms with Crippen LogP contribution in [0.2, 0.25) is 4.34 Å². The number of amides is 1. The van der Waals surface area contributed by atoms with E-state index in [1.165, 1.54) is 11.3 Å². The highest BCUT2D eigenvalue weighted by Gasteiger charge is 2.14. The Morgan fingerprint density at radius 2 is 2.15 bits per heavy atom. The van der Waals surface area contributed by atoms with Gasteiger partial charge in [-0.25, -0.2) is 9.78 Å². The Kier molecular flexibility index (Phi) is 6.98. The second-order valence-corrected chi connectivity index (χ2v) is 6.79. The van der Waals surface area contributed by atoms with Crippen molar-refractivity contribution in [3.8, 4) is 0 Å². The summed E-state index contributed by atoms with van der Waals surface area (Å²) in [5.74, 6) is 0. The van der Waals surface area contributed by atoms with E-state index in [0.717, 1.165) is 5.01 Å². The minimum atomic E-state index is -0.468. The van der Waals surface area contributed by atoms with Crippen LogP contribution >= 0.6 is 22.9 Å². The molecule has 0 atom stereocenters. The van der Waals surface area contributed by atoms with Gasteiger partial charge in [-0.2, -0.15) is 0 Å². The van der Waals surface area contributed by atoms with Crippen molar-refractivity contribution < 1.29 is 9.53 Å². The first-order valence-electron chi connectivity index (χ1n) is 6.29. The van der Waals surface area contributed by atoms with Crippen molar-refractivity contribution in [3.63, 3.8) is 0 Å². The molecule has 0 aliphatic carbocycles. The molecule has 0 saturated heterocycles. The van der Waals surface area contributed by atoms with Gasteiger partial charge in [-0.1, -0.05) is 23.8 Å². The van der Waals surface area contributed by atoms with E-state index in [2.05, 4.69) is 15.6 Å². The summed E-state index contributed by atoms with van der Waals surface area (Å²) in [7, 11) is 0. The summed E-state index contributed by atoms with van der Waals surface area (Å²) in [5.41, 5.74) is -0.468. The van der Waals surface area contributed by atoms with Gasteiger partial charge >= 0.3 is 6.09 Å². The standard InChI is InChI=1S/C13H20ClN3O2S/c1-13(2,3)19-12(18)16-7-5-4-6-15-9-11-17-8-10(14)20-11/h4-5,8,15H,6-7,9H2,1-3H3,(H,16,18)/b5-4+. The molecule has 7 heteroatoms. The van der Waals surface area contributed by atoms with E-state index < -0.39 is 11.7 Å². The molecule has 1 rings (SSSR count). The Morgan fingerprint density at radius 1 is 1.45 bits per heavy atom. The number of hydrogen-bond acceptors (Lipinski definition) is 5. The van der Waals surface area contributed by atoms with Crippen molar-refractivity contribution in [2.45, 2.75) is 32.9 Å². The van der Waals surface area contributed by atoms with Gasteiger partial charge in [0.1, 0.15) is 14.9 Å². The molecule has 0 aromatic carbocycles. The van der Waals surface area contributed by atoms with Gasteiger partial charge in [-0.15, -0.1) is 11.3 Å². The summed E-state index contributed by atoms with van der Waals surface area (Å²) >= 11 is 7.24. The summed E-state index contributed by atoms with van der Waals surface area (Å²) in [5, 5.41) is 6.80. The lowest BCUT2D eigenvalue weighted by Gasteiger charge is -2.19. The molecule has 1 aromatic heterocycles. The number of rotatable bonds is 6. The average molecular weight is 318 g/mol. The molecule has 5 nitrogen and oxygen atoms in total. The Bertz CT molecular complexity index is 455. The van der Waals surface area contributed by atoms with Crippen LogP contribution < -0.4 is 10.6 Å². The molecule has 1 heterocycles. The third-order valence-electron chi connectivity index (χ3n) is 1.99. The van der Waals surface area contributed by atoms with Crippen LogP contribution in [0.1, 0.15) is 25.8 Å². The van der Waals surface area contributed by atoms with Gasteiger partial charge in [-0.05, 0) is 20.8 Å². The SMILES string of the molecule is CC(C)(C)OC(=O)NC/C=C/CNCc1ncc(Cl)s1. The number of thiazole rings is 1. The molecule has 0 saturated carbocycles. The molecule has 1 amide bonds. The van der Waals surface area contributed by atoms with E-state index in [0.29, 0.717) is 24.0 Å². The van der Waals surface area contributed by atoms with Gasteiger partial charge in [-0.3, -0.25) is 0 Å². The van der Waals surface area contributed by atoms with Gasteiger partial charge in [0.25, 0.3) is 0 Å². The number of nitrogens with one attached hydrogen (secondary N) is 2. The Labute approximate surface area is 128 Å². The molecule has 2 N–H and O–H groups in total. The first kappa shape index (κ1) is 16.9. The second-order valence-electron chi connectivity index (χ2n) is 5.04. The van der Waals surface area contributed by atoms with Gasteiger partial charge in [0.05, 0.1) is 6.20 Å². The number of carbonyl (C=O) groups is 1. The minimum absolute atomic E-state index is 0.410. The molecule has 0 fully saturated rings. The quantitative estimate of drug-likeness (QED) is 0.625. The molecule has 0 radical (unpaired) electrons. The summed E-state index contributed by atoms with van der Waals surface area (Å²) in [4.78, 5) is 15.5. The fraction of sp³-hybridized carbons (Fsp3) is 0.538. The molecule has 0 unspecified atom stereocenters. The predicted molar refractivity (Wildman–Crippen MR) is 82.2 cm³/mol. The Balaban J connectivity index is 2.06. The van der Waals surface area contributed by atoms with Crippen molar-refractivity contribution in [2.24, 2.45) is 0 Å². The Hall–Kier alpha value is -1.11. The lowest BCUT2D eigenvalue weighted by Crippen LogP contribution is -2.32. The third kappa shape index (κ3) is 8.14. The monoisotopic (exact) mass is 317 g/mol. The molecule has 0 spiro atoms. The molecular formula is C13H20ClN3O2S. The summed E-state index contributed by atoms with van der Waals surface area (Å²) < 4.78 is 5.80. The number of ether oxygens (including phenoxy) is 1. The van der Waals surface area contributed by atoms with Gasteiger partial charge in [0.15, 0.2) is 0 Å². The van der Waals surface area contributed by atoms with Crippen LogP contribution in [-0.2, 0) is 11.3 Å². The smallest absolute Gasteiger partial charge is 0.407 e. The summed E-state index contributed by atoms with van der Waals surface area (Å²) in [6, 6.07) is 0. The van der Waals surface area contributed by atoms with E-state index >= 15 is 0 Å². The summed E-state index contributed by atoms with van der Waals surface area (Å²) in [6.07, 6.45) is 5.04. The number of aromatic nitrogens is 1. The summed E-state index contributed by atoms with van der Waals surface area (Å²) in [6.45, 7) is 7.32. The van der Waals surface area contributed by atoms with Crippen LogP contribution in [0.15, 0.2) is 18.3 Å². The maximum atomic E-state index is 11.3. The van der Waals surface area contributed by atoms with Crippen molar-refractivity contribution >= 4 is 29.0 Å². The fourth-order valence-electron chi connectivity index (χ4n) is 1.26. The average Bonchev–Trinajstić information content (AvgIpc) is 2.71. The Morgan fingerprint density at radius 3 is 2.75 bits per heavy atom. The van der Waals surface area contributed by atoms with Crippen molar-refractivity contribution in [1.29, 1.82) is 0 Å². The first-order chi connectivity index (χ1) is 9.37. The van der Waals surface area contributed by atoms with Crippen LogP contribution in [0.5, 0.6) is 0 Å². The molecule has 0 bridgehead atoms. The first-order valence-corrected chi connectivity index (χ1v) is 7.49. The topological polar surface area (TPSA) is 63.2 Å². The predicted octanol–water partition coefficient (Wildman–Crippen LogP) is 2.97. The zero-order valence-electron chi connectivity index (χ0n) is 11.9. The zero-order chi connectivity index (χ0) is 15.0. The largest absolute Gasteiger partial charge is 0.444 e. The van der Waals surface area contributed by atoms with Crippen LogP contribution in [-0.4, -0.2) is 29.8 Å². The maximum Gasteiger partial charge on any atom is 0.407 e. The lowest BCUT2D eigenvalue weighted by atomic mass is 10.2. The van der Waals surface area contributed by atoms with Crippen LogP contribution in [0.25, 0.3) is 0 Å². The van der Waals surface area contributed by atoms with Crippen LogP contribution in [0.3, 0.4) is 0 Å². The highest BCUT2D eigenvalue weighted by atomic mass is 35.5. The van der Waals surface area contributed by atoms with Crippen LogP contribution in [0, 0.1) is 0 Å². The van der Waals surface area contributed by atoms with Gasteiger partial charge < -0.3 is 15.4 Å². The number of alkyl carbamates (subject to hydrolysis) is 1. The zero-order valence-corrected chi connectivity index (χ0v) is 13.5. The van der Waals surface area contributed by atoms with Crippen molar-refractivity contribution in [1.82, 2.24) is 15.6 Å². The van der Waals surface area contributed by atoms with Gasteiger partial charge in [0.2, 0.25) is 0 Å². The van der Waals surface area contributed by atoms with Crippen molar-refractivity contribution in [3.05, 3.63) is 27.7 Å². The molecule has 0 aliphatic heterocycles. The maximum absolute atomic E-state index is 11.3. The number of halogens is 1. The second kappa shape index (κ2) is 8.24. The molecule has 0 aliphatic rings. The van der Waals surface area contributed by atoms with Crippen LogP contribution in [0.4, 0.5) is 4.79 Å². The highest BCUT2D eigenvalue weighted by molar-refractivity contribution is 7.15. The molecular weight excluding hydrogens is 298 g/mol. The number of nitrogens with zero attached hydrogens (tertiary/aromatic N) is 1. The lowest BCUT2D eigenvalue weighted by molar-refractivity contribution is 0.0534. The third-order valence-corrected chi connectivity index (χ3v) is 3.11. The molecule has 112 valence electrons.